The molecule has 0 saturated carbocycles. The summed E-state index contributed by atoms with van der Waals surface area (Å²) >= 11 is 0. The third-order valence-electron chi connectivity index (χ3n) is 2.51. The lowest BCUT2D eigenvalue weighted by atomic mass is 10.1. The number of carbonyl (C=O) groups is 1. The fraction of sp³-hybridized carbons (Fsp3) is 0.0714. The molecule has 6 heteroatoms. The van der Waals surface area contributed by atoms with Crippen LogP contribution < -0.4 is 10.1 Å². The molecule has 104 valence electrons. The van der Waals surface area contributed by atoms with Crippen molar-refractivity contribution in [1.29, 1.82) is 0 Å². The SMILES string of the molecule is O=CNc1cccc(-c2ccc(OC(F)(F)F)cc2)c1. The monoisotopic (exact) mass is 281 g/mol. The van der Waals surface area contributed by atoms with Crippen LogP contribution in [0.25, 0.3) is 11.1 Å². The number of anilines is 1. The summed E-state index contributed by atoms with van der Waals surface area (Å²) in [5.74, 6) is -0.275. The number of benzene rings is 2. The Morgan fingerprint density at radius 3 is 2.30 bits per heavy atom. The second kappa shape index (κ2) is 5.64. The van der Waals surface area contributed by atoms with Gasteiger partial charge >= 0.3 is 6.36 Å². The molecule has 2 aromatic carbocycles. The van der Waals surface area contributed by atoms with Gasteiger partial charge in [0.15, 0.2) is 0 Å². The van der Waals surface area contributed by atoms with E-state index in [1.165, 1.54) is 24.3 Å². The fourth-order valence-corrected chi connectivity index (χ4v) is 1.71. The minimum absolute atomic E-state index is 0.275. The van der Waals surface area contributed by atoms with E-state index in [0.29, 0.717) is 17.7 Å². The Hall–Kier alpha value is -2.50. The predicted molar refractivity (Wildman–Crippen MR) is 68.2 cm³/mol. The smallest absolute Gasteiger partial charge is 0.406 e. The Balaban J connectivity index is 2.21. The molecule has 0 fully saturated rings. The van der Waals surface area contributed by atoms with E-state index in [0.717, 1.165) is 5.56 Å². The normalized spacial score (nSPS) is 10.9. The molecule has 2 rings (SSSR count). The molecule has 0 aliphatic rings. The highest BCUT2D eigenvalue weighted by Crippen LogP contribution is 2.27. The van der Waals surface area contributed by atoms with Gasteiger partial charge in [0.1, 0.15) is 5.75 Å². The number of nitrogens with one attached hydrogen (secondary N) is 1. The number of hydrogen-bond acceptors (Lipinski definition) is 2. The maximum atomic E-state index is 12.0. The van der Waals surface area contributed by atoms with Crippen LogP contribution in [0.5, 0.6) is 5.75 Å². The van der Waals surface area contributed by atoms with Gasteiger partial charge in [-0.05, 0) is 35.4 Å². The molecule has 1 amide bonds. The average molecular weight is 281 g/mol. The van der Waals surface area contributed by atoms with Crippen LogP contribution in [0.15, 0.2) is 48.5 Å². The van der Waals surface area contributed by atoms with Crippen molar-refractivity contribution in [3.05, 3.63) is 48.5 Å². The van der Waals surface area contributed by atoms with E-state index in [-0.39, 0.29) is 5.75 Å². The molecule has 0 spiro atoms. The van der Waals surface area contributed by atoms with Crippen LogP contribution >= 0.6 is 0 Å². The third kappa shape index (κ3) is 3.74. The van der Waals surface area contributed by atoms with E-state index < -0.39 is 6.36 Å². The highest BCUT2D eigenvalue weighted by atomic mass is 19.4. The Morgan fingerprint density at radius 2 is 1.70 bits per heavy atom. The van der Waals surface area contributed by atoms with Gasteiger partial charge in [0, 0.05) is 5.69 Å². The van der Waals surface area contributed by atoms with Crippen molar-refractivity contribution in [1.82, 2.24) is 0 Å². The van der Waals surface area contributed by atoms with Gasteiger partial charge in [0.2, 0.25) is 6.41 Å². The van der Waals surface area contributed by atoms with Gasteiger partial charge in [-0.3, -0.25) is 4.79 Å². The number of rotatable bonds is 4. The molecule has 0 unspecified atom stereocenters. The van der Waals surface area contributed by atoms with Gasteiger partial charge in [0.25, 0.3) is 0 Å². The van der Waals surface area contributed by atoms with Gasteiger partial charge in [-0.25, -0.2) is 0 Å². The van der Waals surface area contributed by atoms with E-state index in [2.05, 4.69) is 10.1 Å². The van der Waals surface area contributed by atoms with Crippen molar-refractivity contribution < 1.29 is 22.7 Å². The number of halogens is 3. The summed E-state index contributed by atoms with van der Waals surface area (Å²) in [7, 11) is 0. The molecule has 0 aromatic heterocycles. The molecular weight excluding hydrogens is 271 g/mol. The zero-order valence-corrected chi connectivity index (χ0v) is 10.1. The van der Waals surface area contributed by atoms with Gasteiger partial charge in [0.05, 0.1) is 0 Å². The number of carbonyl (C=O) groups excluding carboxylic acids is 1. The summed E-state index contributed by atoms with van der Waals surface area (Å²) in [4.78, 5) is 10.4. The second-order valence-corrected chi connectivity index (χ2v) is 3.92. The quantitative estimate of drug-likeness (QED) is 0.865. The average Bonchev–Trinajstić information content (AvgIpc) is 2.38. The van der Waals surface area contributed by atoms with Crippen LogP contribution in [-0.4, -0.2) is 12.8 Å². The van der Waals surface area contributed by atoms with Crippen molar-refractivity contribution in [2.24, 2.45) is 0 Å². The highest BCUT2D eigenvalue weighted by Gasteiger charge is 2.30. The van der Waals surface area contributed by atoms with E-state index in [4.69, 9.17) is 0 Å². The Bertz CT molecular complexity index is 594. The molecule has 0 atom stereocenters. The van der Waals surface area contributed by atoms with Crippen molar-refractivity contribution in [2.45, 2.75) is 6.36 Å². The number of alkyl halides is 3. The molecule has 20 heavy (non-hydrogen) atoms. The second-order valence-electron chi connectivity index (χ2n) is 3.92. The van der Waals surface area contributed by atoms with Crippen LogP contribution in [-0.2, 0) is 4.79 Å². The van der Waals surface area contributed by atoms with Crippen molar-refractivity contribution >= 4 is 12.1 Å². The van der Waals surface area contributed by atoms with Crippen LogP contribution in [0.1, 0.15) is 0 Å². The molecule has 2 aromatic rings. The minimum Gasteiger partial charge on any atom is -0.406 e. The van der Waals surface area contributed by atoms with E-state index in [9.17, 15) is 18.0 Å². The first-order chi connectivity index (χ1) is 9.48. The van der Waals surface area contributed by atoms with Crippen LogP contribution in [0.3, 0.4) is 0 Å². The molecule has 0 heterocycles. The van der Waals surface area contributed by atoms with E-state index in [1.807, 2.05) is 0 Å². The zero-order chi connectivity index (χ0) is 14.6. The van der Waals surface area contributed by atoms with Gasteiger partial charge in [-0.15, -0.1) is 13.2 Å². The molecule has 0 aliphatic carbocycles. The summed E-state index contributed by atoms with van der Waals surface area (Å²) in [5.41, 5.74) is 2.10. The summed E-state index contributed by atoms with van der Waals surface area (Å²) in [6.45, 7) is 0. The molecule has 0 aliphatic heterocycles. The standard InChI is InChI=1S/C14H10F3NO2/c15-14(16,17)20-13-6-4-10(5-7-13)11-2-1-3-12(8-11)18-9-19/h1-9H,(H,18,19). The summed E-state index contributed by atoms with van der Waals surface area (Å²) in [5, 5.41) is 2.51. The maximum absolute atomic E-state index is 12.0. The molecule has 1 N–H and O–H groups in total. The maximum Gasteiger partial charge on any atom is 0.573 e. The molecule has 0 bridgehead atoms. The fourth-order valence-electron chi connectivity index (χ4n) is 1.71. The third-order valence-corrected chi connectivity index (χ3v) is 2.51. The summed E-state index contributed by atoms with van der Waals surface area (Å²) in [6, 6.07) is 12.5. The lowest BCUT2D eigenvalue weighted by molar-refractivity contribution is -0.274. The lowest BCUT2D eigenvalue weighted by Crippen LogP contribution is -2.16. The van der Waals surface area contributed by atoms with E-state index in [1.54, 1.807) is 24.3 Å². The Labute approximate surface area is 113 Å². The Morgan fingerprint density at radius 1 is 1.00 bits per heavy atom. The van der Waals surface area contributed by atoms with Gasteiger partial charge in [-0.1, -0.05) is 24.3 Å². The first kappa shape index (κ1) is 13.9. The minimum atomic E-state index is -4.70. The number of hydrogen-bond donors (Lipinski definition) is 1. The molecular formula is C14H10F3NO2. The first-order valence-corrected chi connectivity index (χ1v) is 5.64. The molecule has 0 saturated heterocycles. The molecule has 0 radical (unpaired) electrons. The zero-order valence-electron chi connectivity index (χ0n) is 10.1. The largest absolute Gasteiger partial charge is 0.573 e. The van der Waals surface area contributed by atoms with Gasteiger partial charge < -0.3 is 10.1 Å². The lowest BCUT2D eigenvalue weighted by Gasteiger charge is -2.09. The van der Waals surface area contributed by atoms with Crippen molar-refractivity contribution in [3.8, 4) is 16.9 Å². The summed E-state index contributed by atoms with van der Waals surface area (Å²) < 4.78 is 39.9. The van der Waals surface area contributed by atoms with Crippen molar-refractivity contribution in [2.75, 3.05) is 5.32 Å². The van der Waals surface area contributed by atoms with Crippen LogP contribution in [0.2, 0.25) is 0 Å². The topological polar surface area (TPSA) is 38.3 Å². The first-order valence-electron chi connectivity index (χ1n) is 5.64. The van der Waals surface area contributed by atoms with Crippen LogP contribution in [0, 0.1) is 0 Å². The molecule has 3 nitrogen and oxygen atoms in total. The number of amides is 1. The van der Waals surface area contributed by atoms with Crippen LogP contribution in [0.4, 0.5) is 18.9 Å². The highest BCUT2D eigenvalue weighted by molar-refractivity contribution is 5.76. The van der Waals surface area contributed by atoms with Crippen molar-refractivity contribution in [3.63, 3.8) is 0 Å². The van der Waals surface area contributed by atoms with Gasteiger partial charge in [-0.2, -0.15) is 0 Å². The summed E-state index contributed by atoms with van der Waals surface area (Å²) in [6.07, 6.45) is -4.14. The Kier molecular flexibility index (Phi) is 3.93. The van der Waals surface area contributed by atoms with E-state index >= 15 is 0 Å². The predicted octanol–water partition coefficient (Wildman–Crippen LogP) is 3.82. The number of ether oxygens (including phenoxy) is 1.